The highest BCUT2D eigenvalue weighted by molar-refractivity contribution is 7.84. The van der Waals surface area contributed by atoms with Gasteiger partial charge in [-0.3, -0.25) is 4.21 Å². The molecule has 1 unspecified atom stereocenters. The summed E-state index contributed by atoms with van der Waals surface area (Å²) in [7, 11) is -1.47. The molecule has 0 radical (unpaired) electrons. The summed E-state index contributed by atoms with van der Waals surface area (Å²) in [6.07, 6.45) is 0. The highest BCUT2D eigenvalue weighted by Crippen LogP contribution is 2.21. The Morgan fingerprint density at radius 3 is 2.45 bits per heavy atom. The first-order valence-corrected chi connectivity index (χ1v) is 7.33. The first-order valence-electron chi connectivity index (χ1n) is 5.63. The zero-order valence-corrected chi connectivity index (χ0v) is 11.7. The van der Waals surface area contributed by atoms with Gasteiger partial charge in [0, 0.05) is 10.5 Å². The van der Waals surface area contributed by atoms with Gasteiger partial charge in [-0.15, -0.1) is 0 Å². The predicted octanol–water partition coefficient (Wildman–Crippen LogP) is 3.49. The highest BCUT2D eigenvalue weighted by atomic mass is 35.5. The number of halogens is 2. The zero-order valence-electron chi connectivity index (χ0n) is 10.2. The third-order valence-corrected chi connectivity index (χ3v) is 4.35. The van der Waals surface area contributed by atoms with E-state index in [0.717, 1.165) is 0 Å². The van der Waals surface area contributed by atoms with E-state index in [1.54, 1.807) is 6.07 Å². The first-order chi connectivity index (χ1) is 9.49. The Morgan fingerprint density at radius 2 is 1.85 bits per heavy atom. The number of carboxylic acid groups (broad SMARTS) is 1. The van der Waals surface area contributed by atoms with E-state index in [9.17, 15) is 13.4 Å². The van der Waals surface area contributed by atoms with Crippen molar-refractivity contribution in [1.82, 2.24) is 0 Å². The molecule has 20 heavy (non-hydrogen) atoms. The Bertz CT molecular complexity index is 671. The summed E-state index contributed by atoms with van der Waals surface area (Å²) in [5.74, 6) is -1.65. The van der Waals surface area contributed by atoms with Crippen LogP contribution in [0.2, 0.25) is 5.02 Å². The van der Waals surface area contributed by atoms with E-state index in [-0.39, 0.29) is 21.9 Å². The molecule has 3 nitrogen and oxygen atoms in total. The predicted molar refractivity (Wildman–Crippen MR) is 74.9 cm³/mol. The fraction of sp³-hybridized carbons (Fsp3) is 0.0714. The van der Waals surface area contributed by atoms with E-state index in [2.05, 4.69) is 0 Å². The molecule has 2 aromatic carbocycles. The van der Waals surface area contributed by atoms with Crippen molar-refractivity contribution >= 4 is 28.4 Å². The SMILES string of the molecule is O=C(O)c1ccc(S(=O)Cc2cccc(Cl)c2F)cc1. The molecule has 6 heteroatoms. The van der Waals surface area contributed by atoms with Crippen molar-refractivity contribution in [3.63, 3.8) is 0 Å². The summed E-state index contributed by atoms with van der Waals surface area (Å²) >= 11 is 5.66. The third kappa shape index (κ3) is 3.23. The lowest BCUT2D eigenvalue weighted by Gasteiger charge is -2.05. The van der Waals surface area contributed by atoms with Crippen LogP contribution in [-0.2, 0) is 16.6 Å². The summed E-state index contributed by atoms with van der Waals surface area (Å²) in [5, 5.41) is 8.76. The monoisotopic (exact) mass is 312 g/mol. The average molecular weight is 313 g/mol. The van der Waals surface area contributed by atoms with Gasteiger partial charge >= 0.3 is 5.97 Å². The van der Waals surface area contributed by atoms with Crippen molar-refractivity contribution in [3.05, 3.63) is 64.4 Å². The minimum absolute atomic E-state index is 0.0132. The summed E-state index contributed by atoms with van der Waals surface area (Å²) < 4.78 is 25.8. The molecule has 0 saturated carbocycles. The Balaban J connectivity index is 2.20. The van der Waals surface area contributed by atoms with Gasteiger partial charge in [0.15, 0.2) is 0 Å². The molecule has 0 aromatic heterocycles. The van der Waals surface area contributed by atoms with Gasteiger partial charge in [-0.25, -0.2) is 9.18 Å². The second-order valence-corrected chi connectivity index (χ2v) is 5.89. The first kappa shape index (κ1) is 14.7. The van der Waals surface area contributed by atoms with Gasteiger partial charge < -0.3 is 5.11 Å². The maximum Gasteiger partial charge on any atom is 0.335 e. The molecule has 0 spiro atoms. The number of benzene rings is 2. The van der Waals surface area contributed by atoms with E-state index in [0.29, 0.717) is 4.90 Å². The molecule has 0 aliphatic heterocycles. The standard InChI is InChI=1S/C14H10ClFO3S/c15-12-3-1-2-10(13(12)16)8-20(19)11-6-4-9(5-7-11)14(17)18/h1-7H,8H2,(H,17,18). The van der Waals surface area contributed by atoms with E-state index < -0.39 is 22.6 Å². The molecule has 0 aliphatic rings. The Morgan fingerprint density at radius 1 is 1.20 bits per heavy atom. The largest absolute Gasteiger partial charge is 0.478 e. The van der Waals surface area contributed by atoms with Gasteiger partial charge in [0.1, 0.15) is 5.82 Å². The molecule has 104 valence electrons. The smallest absolute Gasteiger partial charge is 0.335 e. The summed E-state index contributed by atoms with van der Waals surface area (Å²) in [4.78, 5) is 11.2. The Labute approximate surface area is 122 Å². The maximum absolute atomic E-state index is 13.7. The minimum Gasteiger partial charge on any atom is -0.478 e. The molecule has 1 atom stereocenters. The second-order valence-electron chi connectivity index (χ2n) is 4.03. The highest BCUT2D eigenvalue weighted by Gasteiger charge is 2.12. The average Bonchev–Trinajstić information content (AvgIpc) is 2.44. The third-order valence-electron chi connectivity index (χ3n) is 2.68. The molecule has 0 amide bonds. The lowest BCUT2D eigenvalue weighted by molar-refractivity contribution is 0.0697. The number of hydrogen-bond donors (Lipinski definition) is 1. The van der Waals surface area contributed by atoms with Crippen molar-refractivity contribution in [1.29, 1.82) is 0 Å². The van der Waals surface area contributed by atoms with E-state index in [1.807, 2.05) is 0 Å². The molecule has 0 bridgehead atoms. The summed E-state index contributed by atoms with van der Waals surface area (Å²) in [5.41, 5.74) is 0.373. The fourth-order valence-corrected chi connectivity index (χ4v) is 2.94. The van der Waals surface area contributed by atoms with Crippen LogP contribution in [-0.4, -0.2) is 15.3 Å². The number of hydrogen-bond acceptors (Lipinski definition) is 2. The molecule has 0 fully saturated rings. The zero-order chi connectivity index (χ0) is 14.7. The van der Waals surface area contributed by atoms with Gasteiger partial charge in [0.25, 0.3) is 0 Å². The van der Waals surface area contributed by atoms with Crippen LogP contribution < -0.4 is 0 Å². The molecule has 0 aliphatic carbocycles. The summed E-state index contributed by atoms with van der Waals surface area (Å²) in [6.45, 7) is 0. The van der Waals surface area contributed by atoms with Crippen LogP contribution in [0.4, 0.5) is 4.39 Å². The quantitative estimate of drug-likeness (QED) is 0.940. The van der Waals surface area contributed by atoms with Crippen molar-refractivity contribution in [2.24, 2.45) is 0 Å². The van der Waals surface area contributed by atoms with E-state index in [4.69, 9.17) is 16.7 Å². The number of aromatic carboxylic acids is 1. The maximum atomic E-state index is 13.7. The Hall–Kier alpha value is -1.72. The fourth-order valence-electron chi connectivity index (χ4n) is 1.63. The Kier molecular flexibility index (Phi) is 4.52. The topological polar surface area (TPSA) is 54.4 Å². The van der Waals surface area contributed by atoms with Crippen LogP contribution >= 0.6 is 11.6 Å². The lowest BCUT2D eigenvalue weighted by atomic mass is 10.2. The van der Waals surface area contributed by atoms with Gasteiger partial charge in [-0.1, -0.05) is 23.7 Å². The van der Waals surface area contributed by atoms with Crippen molar-refractivity contribution in [3.8, 4) is 0 Å². The number of carboxylic acids is 1. The van der Waals surface area contributed by atoms with Crippen LogP contribution in [0.1, 0.15) is 15.9 Å². The molecule has 0 saturated heterocycles. The number of rotatable bonds is 4. The van der Waals surface area contributed by atoms with E-state index >= 15 is 0 Å². The molecule has 2 rings (SSSR count). The molecular weight excluding hydrogens is 303 g/mol. The van der Waals surface area contributed by atoms with Crippen LogP contribution in [0, 0.1) is 5.82 Å². The van der Waals surface area contributed by atoms with E-state index in [1.165, 1.54) is 36.4 Å². The summed E-state index contributed by atoms with van der Waals surface area (Å²) in [6, 6.07) is 10.2. The minimum atomic E-state index is -1.47. The normalized spacial score (nSPS) is 12.1. The van der Waals surface area contributed by atoms with Crippen LogP contribution in [0.3, 0.4) is 0 Å². The van der Waals surface area contributed by atoms with Gasteiger partial charge in [0.2, 0.25) is 0 Å². The van der Waals surface area contributed by atoms with Crippen molar-refractivity contribution in [2.45, 2.75) is 10.6 Å². The van der Waals surface area contributed by atoms with Gasteiger partial charge in [-0.2, -0.15) is 0 Å². The van der Waals surface area contributed by atoms with Gasteiger partial charge in [0.05, 0.1) is 27.1 Å². The second kappa shape index (κ2) is 6.15. The van der Waals surface area contributed by atoms with Crippen LogP contribution in [0.15, 0.2) is 47.4 Å². The lowest BCUT2D eigenvalue weighted by Crippen LogP contribution is -2.01. The van der Waals surface area contributed by atoms with Gasteiger partial charge in [-0.05, 0) is 30.3 Å². The molecule has 2 aromatic rings. The van der Waals surface area contributed by atoms with Crippen molar-refractivity contribution < 1.29 is 18.5 Å². The molecule has 0 heterocycles. The van der Waals surface area contributed by atoms with Crippen molar-refractivity contribution in [2.75, 3.05) is 0 Å². The van der Waals surface area contributed by atoms with Crippen LogP contribution in [0.25, 0.3) is 0 Å². The number of carbonyl (C=O) groups is 1. The van der Waals surface area contributed by atoms with Crippen LogP contribution in [0.5, 0.6) is 0 Å². The molecule has 1 N–H and O–H groups in total. The molecular formula is C14H10ClFO3S.